The lowest BCUT2D eigenvalue weighted by molar-refractivity contribution is -0.0514. The molecule has 1 atom stereocenters. The van der Waals surface area contributed by atoms with E-state index in [4.69, 9.17) is 14.5 Å². The van der Waals surface area contributed by atoms with Crippen molar-refractivity contribution in [1.82, 2.24) is 9.88 Å². The number of nitrogens with zero attached hydrogens (tertiary/aromatic N) is 2. The normalized spacial score (nSPS) is 20.8. The average molecular weight is 446 g/mol. The van der Waals surface area contributed by atoms with Crippen molar-refractivity contribution in [1.29, 1.82) is 0 Å². The van der Waals surface area contributed by atoms with Gasteiger partial charge in [-0.05, 0) is 81.5 Å². The Bertz CT molecular complexity index is 958. The van der Waals surface area contributed by atoms with E-state index in [1.54, 1.807) is 12.1 Å². The Balaban J connectivity index is 1.42. The molecule has 1 N–H and O–H groups in total. The summed E-state index contributed by atoms with van der Waals surface area (Å²) in [5, 5.41) is 4.47. The molecule has 1 aromatic carbocycles. The van der Waals surface area contributed by atoms with Crippen LogP contribution < -0.4 is 14.8 Å². The first-order valence-corrected chi connectivity index (χ1v) is 12.1. The van der Waals surface area contributed by atoms with Gasteiger partial charge in [-0.3, -0.25) is 4.98 Å². The molecule has 0 radical (unpaired) electrons. The largest absolute Gasteiger partial charge is 0.490 e. The predicted molar refractivity (Wildman–Crippen MR) is 122 cm³/mol. The van der Waals surface area contributed by atoms with Gasteiger partial charge in [0.1, 0.15) is 0 Å². The number of rotatable bonds is 10. The van der Waals surface area contributed by atoms with E-state index in [2.05, 4.69) is 17.1 Å². The predicted octanol–water partition coefficient (Wildman–Crippen LogP) is 5.26. The second kappa shape index (κ2) is 9.38. The van der Waals surface area contributed by atoms with Crippen molar-refractivity contribution in [3.8, 4) is 11.5 Å². The molecule has 0 spiro atoms. The molecule has 2 heterocycles. The summed E-state index contributed by atoms with van der Waals surface area (Å²) in [6.45, 7) is 3.97. The molecule has 1 saturated heterocycles. The van der Waals surface area contributed by atoms with Gasteiger partial charge < -0.3 is 19.7 Å². The van der Waals surface area contributed by atoms with Gasteiger partial charge in [0.25, 0.3) is 0 Å². The fourth-order valence-corrected chi connectivity index (χ4v) is 5.05. The van der Waals surface area contributed by atoms with E-state index in [9.17, 15) is 8.78 Å². The molecule has 0 bridgehead atoms. The van der Waals surface area contributed by atoms with Gasteiger partial charge in [-0.1, -0.05) is 6.92 Å². The lowest BCUT2D eigenvalue weighted by Crippen LogP contribution is -2.22. The molecule has 1 unspecified atom stereocenters. The van der Waals surface area contributed by atoms with Crippen molar-refractivity contribution in [2.24, 2.45) is 11.8 Å². The van der Waals surface area contributed by atoms with Gasteiger partial charge in [0.2, 0.25) is 0 Å². The van der Waals surface area contributed by atoms with Crippen molar-refractivity contribution in [3.05, 3.63) is 23.4 Å². The molecule has 1 aromatic heterocycles. The maximum Gasteiger partial charge on any atom is 0.387 e. The highest BCUT2D eigenvalue weighted by Crippen LogP contribution is 2.42. The Labute approximate surface area is 188 Å². The molecule has 5 rings (SSSR count). The Hall–Kier alpha value is -2.15. The highest BCUT2D eigenvalue weighted by atomic mass is 19.3. The van der Waals surface area contributed by atoms with Gasteiger partial charge >= 0.3 is 6.61 Å². The Kier molecular flexibility index (Phi) is 6.35. The van der Waals surface area contributed by atoms with Crippen LogP contribution in [0.15, 0.2) is 12.1 Å². The number of alkyl halides is 2. The lowest BCUT2D eigenvalue weighted by Gasteiger charge is -2.19. The Morgan fingerprint density at radius 2 is 1.97 bits per heavy atom. The molecule has 2 fully saturated rings. The second-order valence-electron chi connectivity index (χ2n) is 9.70. The summed E-state index contributed by atoms with van der Waals surface area (Å²) in [4.78, 5) is 7.33. The average Bonchev–Trinajstić information content (AvgIpc) is 3.28. The Morgan fingerprint density at radius 1 is 1.16 bits per heavy atom. The molecule has 174 valence electrons. The van der Waals surface area contributed by atoms with Gasteiger partial charge in [-0.2, -0.15) is 8.78 Å². The van der Waals surface area contributed by atoms with Crippen LogP contribution in [0.25, 0.3) is 10.9 Å². The number of anilines is 1. The van der Waals surface area contributed by atoms with Crippen molar-refractivity contribution in [2.75, 3.05) is 38.1 Å². The SMILES string of the molecule is CC1Cc2nc3cc(OCCCN4CCCC4)c(OC(F)F)cc3c(NCC3CC3)c2C1. The number of nitrogens with one attached hydrogen (secondary N) is 1. The molecular formula is C25H33F2N3O2. The van der Waals surface area contributed by atoms with Gasteiger partial charge in [0.05, 0.1) is 12.1 Å². The van der Waals surface area contributed by atoms with Gasteiger partial charge in [0, 0.05) is 35.9 Å². The van der Waals surface area contributed by atoms with E-state index in [-0.39, 0.29) is 5.75 Å². The summed E-state index contributed by atoms with van der Waals surface area (Å²) in [6, 6.07) is 3.48. The van der Waals surface area contributed by atoms with Crippen LogP contribution in [0.4, 0.5) is 14.5 Å². The maximum absolute atomic E-state index is 13.2. The van der Waals surface area contributed by atoms with E-state index in [0.29, 0.717) is 24.2 Å². The number of halogens is 2. The van der Waals surface area contributed by atoms with E-state index in [0.717, 1.165) is 67.7 Å². The zero-order chi connectivity index (χ0) is 22.1. The summed E-state index contributed by atoms with van der Waals surface area (Å²) < 4.78 is 37.3. The minimum Gasteiger partial charge on any atom is -0.490 e. The van der Waals surface area contributed by atoms with Crippen molar-refractivity contribution >= 4 is 16.6 Å². The van der Waals surface area contributed by atoms with E-state index in [1.807, 2.05) is 0 Å². The summed E-state index contributed by atoms with van der Waals surface area (Å²) >= 11 is 0. The number of aromatic nitrogens is 1. The molecule has 3 aliphatic rings. The molecule has 2 aliphatic carbocycles. The molecule has 2 aromatic rings. The molecule has 7 heteroatoms. The smallest absolute Gasteiger partial charge is 0.387 e. The first-order valence-electron chi connectivity index (χ1n) is 12.1. The Morgan fingerprint density at radius 3 is 2.72 bits per heavy atom. The number of pyridine rings is 1. The highest BCUT2D eigenvalue weighted by molar-refractivity contribution is 5.96. The van der Waals surface area contributed by atoms with E-state index < -0.39 is 6.61 Å². The first-order chi connectivity index (χ1) is 15.6. The fraction of sp³-hybridized carbons (Fsp3) is 0.640. The third kappa shape index (κ3) is 4.92. The number of benzene rings is 1. The van der Waals surface area contributed by atoms with Crippen LogP contribution in [0.5, 0.6) is 11.5 Å². The monoisotopic (exact) mass is 445 g/mol. The molecular weight excluding hydrogens is 412 g/mol. The third-order valence-corrected chi connectivity index (χ3v) is 6.89. The number of fused-ring (bicyclic) bond motifs is 2. The van der Waals surface area contributed by atoms with Crippen LogP contribution in [-0.4, -0.2) is 49.3 Å². The third-order valence-electron chi connectivity index (χ3n) is 6.89. The van der Waals surface area contributed by atoms with E-state index in [1.165, 1.54) is 31.2 Å². The van der Waals surface area contributed by atoms with Crippen molar-refractivity contribution in [3.63, 3.8) is 0 Å². The number of hydrogen-bond acceptors (Lipinski definition) is 5. The number of ether oxygens (including phenoxy) is 2. The fourth-order valence-electron chi connectivity index (χ4n) is 5.05. The topological polar surface area (TPSA) is 46.6 Å². The molecule has 1 saturated carbocycles. The summed E-state index contributed by atoms with van der Waals surface area (Å²) in [5.41, 5.74) is 4.17. The first kappa shape index (κ1) is 21.7. The van der Waals surface area contributed by atoms with Gasteiger partial charge in [-0.15, -0.1) is 0 Å². The molecule has 1 aliphatic heterocycles. The lowest BCUT2D eigenvalue weighted by atomic mass is 10.0. The molecule has 0 amide bonds. The van der Waals surface area contributed by atoms with Crippen LogP contribution in [0, 0.1) is 11.8 Å². The van der Waals surface area contributed by atoms with Gasteiger partial charge in [-0.25, -0.2) is 0 Å². The zero-order valence-electron chi connectivity index (χ0n) is 18.8. The molecule has 5 nitrogen and oxygen atoms in total. The van der Waals surface area contributed by atoms with Crippen molar-refractivity contribution in [2.45, 2.75) is 58.5 Å². The summed E-state index contributed by atoms with van der Waals surface area (Å²) in [6.07, 6.45) is 7.78. The van der Waals surface area contributed by atoms with Crippen LogP contribution >= 0.6 is 0 Å². The minimum atomic E-state index is -2.90. The standard InChI is InChI=1S/C25H33F2N3O2/c1-16-11-18-20(12-16)29-21-14-22(31-10-4-9-30-7-2-3-8-30)23(32-25(26)27)13-19(21)24(18)28-15-17-5-6-17/h13-14,16-17,25H,2-12,15H2,1H3,(H,28,29). The minimum absolute atomic E-state index is 0.0935. The summed E-state index contributed by atoms with van der Waals surface area (Å²) in [5.74, 6) is 1.69. The maximum atomic E-state index is 13.2. The van der Waals surface area contributed by atoms with Crippen LogP contribution in [0.1, 0.15) is 50.3 Å². The van der Waals surface area contributed by atoms with E-state index >= 15 is 0 Å². The number of likely N-dealkylation sites (tertiary alicyclic amines) is 1. The highest BCUT2D eigenvalue weighted by Gasteiger charge is 2.27. The zero-order valence-corrected chi connectivity index (χ0v) is 18.8. The second-order valence-corrected chi connectivity index (χ2v) is 9.70. The summed E-state index contributed by atoms with van der Waals surface area (Å²) in [7, 11) is 0. The quantitative estimate of drug-likeness (QED) is 0.506. The number of hydrogen-bond donors (Lipinski definition) is 1. The molecule has 32 heavy (non-hydrogen) atoms. The van der Waals surface area contributed by atoms with Crippen LogP contribution in [-0.2, 0) is 12.8 Å². The van der Waals surface area contributed by atoms with Crippen LogP contribution in [0.3, 0.4) is 0 Å². The van der Waals surface area contributed by atoms with Gasteiger partial charge in [0.15, 0.2) is 11.5 Å². The van der Waals surface area contributed by atoms with Crippen LogP contribution in [0.2, 0.25) is 0 Å². The van der Waals surface area contributed by atoms with Crippen molar-refractivity contribution < 1.29 is 18.3 Å².